The largest absolute Gasteiger partial charge is 0.453 e. The van der Waals surface area contributed by atoms with Gasteiger partial charge in [0.1, 0.15) is 0 Å². The number of ether oxygens (including phenoxy) is 1. The molecule has 0 N–H and O–H groups in total. The second kappa shape index (κ2) is 12.4. The fourth-order valence-corrected chi connectivity index (χ4v) is 10.0. The molecule has 11 rings (SSSR count). The minimum absolute atomic E-state index is 0.125. The van der Waals surface area contributed by atoms with Gasteiger partial charge in [-0.3, -0.25) is 0 Å². The first-order valence-corrected chi connectivity index (χ1v) is 20.0. The number of anilines is 5. The molecule has 0 aromatic heterocycles. The quantitative estimate of drug-likeness (QED) is 0.168. The first kappa shape index (κ1) is 32.2. The van der Waals surface area contributed by atoms with Gasteiger partial charge in [0.05, 0.1) is 17.1 Å². The molecule has 0 unspecified atom stereocenters. The second-order valence-corrected chi connectivity index (χ2v) is 16.4. The van der Waals surface area contributed by atoms with E-state index in [4.69, 9.17) is 4.74 Å². The van der Waals surface area contributed by atoms with Crippen molar-refractivity contribution in [3.8, 4) is 22.6 Å². The van der Waals surface area contributed by atoms with Crippen LogP contribution in [0.25, 0.3) is 34.1 Å². The van der Waals surface area contributed by atoms with Gasteiger partial charge in [-0.05, 0) is 124 Å². The summed E-state index contributed by atoms with van der Waals surface area (Å²) in [5.41, 5.74) is 14.9. The molecule has 0 amide bonds. The molecule has 0 bridgehead atoms. The zero-order chi connectivity index (χ0) is 36.7. The van der Waals surface area contributed by atoms with Crippen LogP contribution in [0, 0.1) is 0 Å². The minimum atomic E-state index is -0.125. The molecule has 0 saturated heterocycles. The van der Waals surface area contributed by atoms with Gasteiger partial charge in [-0.1, -0.05) is 129 Å². The molecule has 0 saturated carbocycles. The highest BCUT2D eigenvalue weighted by atomic mass is 32.2. The van der Waals surface area contributed by atoms with E-state index in [0.717, 1.165) is 41.4 Å². The van der Waals surface area contributed by atoms with E-state index in [1.807, 2.05) is 36.0 Å². The Balaban J connectivity index is 0.886. The van der Waals surface area contributed by atoms with Gasteiger partial charge in [0.15, 0.2) is 11.5 Å². The third-order valence-corrected chi connectivity index (χ3v) is 12.8. The lowest BCUT2D eigenvalue weighted by molar-refractivity contribution is 0.477. The van der Waals surface area contributed by atoms with Crippen molar-refractivity contribution < 1.29 is 4.74 Å². The molecule has 0 atom stereocenters. The minimum Gasteiger partial charge on any atom is -0.453 e. The number of nitrogens with zero attached hydrogens (tertiary/aromatic N) is 2. The molecule has 0 radical (unpaired) electrons. The Kier molecular flexibility index (Phi) is 7.27. The second-order valence-electron chi connectivity index (χ2n) is 15.3. The van der Waals surface area contributed by atoms with Gasteiger partial charge in [-0.2, -0.15) is 0 Å². The molecule has 7 aromatic rings. The summed E-state index contributed by atoms with van der Waals surface area (Å²) in [6, 6.07) is 52.9. The Morgan fingerprint density at radius 1 is 0.582 bits per heavy atom. The first-order chi connectivity index (χ1) is 27.0. The monoisotopic (exact) mass is 726 g/mol. The number of rotatable bonds is 4. The third kappa shape index (κ3) is 5.20. The van der Waals surface area contributed by atoms with E-state index < -0.39 is 0 Å². The predicted molar refractivity (Wildman–Crippen MR) is 231 cm³/mol. The lowest BCUT2D eigenvalue weighted by atomic mass is 9.81. The van der Waals surface area contributed by atoms with E-state index in [-0.39, 0.29) is 5.41 Å². The maximum atomic E-state index is 6.25. The van der Waals surface area contributed by atoms with Crippen molar-refractivity contribution in [2.75, 3.05) is 9.80 Å². The van der Waals surface area contributed by atoms with Gasteiger partial charge in [-0.25, -0.2) is 0 Å². The van der Waals surface area contributed by atoms with Gasteiger partial charge >= 0.3 is 0 Å². The Morgan fingerprint density at radius 3 is 1.98 bits per heavy atom. The Labute approximate surface area is 326 Å². The highest BCUT2D eigenvalue weighted by Crippen LogP contribution is 2.54. The van der Waals surface area contributed by atoms with Crippen molar-refractivity contribution in [1.29, 1.82) is 0 Å². The van der Waals surface area contributed by atoms with Gasteiger partial charge < -0.3 is 14.5 Å². The molecular weight excluding hydrogens is 689 g/mol. The van der Waals surface area contributed by atoms with E-state index in [1.165, 1.54) is 71.0 Å². The topological polar surface area (TPSA) is 15.7 Å². The first-order valence-electron chi connectivity index (χ1n) is 19.1. The van der Waals surface area contributed by atoms with Crippen LogP contribution in [-0.4, -0.2) is 0 Å². The fraction of sp³-hybridized carbons (Fsp3) is 0.0980. The highest BCUT2D eigenvalue weighted by molar-refractivity contribution is 8.03. The summed E-state index contributed by atoms with van der Waals surface area (Å²) >= 11 is 1.90. The smallest absolute Gasteiger partial charge is 0.151 e. The zero-order valence-corrected chi connectivity index (χ0v) is 31.6. The molecular formula is C51H38N2OS. The fourth-order valence-electron chi connectivity index (χ4n) is 8.89. The summed E-state index contributed by atoms with van der Waals surface area (Å²) in [4.78, 5) is 7.49. The van der Waals surface area contributed by atoms with Crippen LogP contribution >= 0.6 is 11.8 Å². The van der Waals surface area contributed by atoms with Gasteiger partial charge in [0.25, 0.3) is 0 Å². The number of para-hydroxylation sites is 5. The highest BCUT2D eigenvalue weighted by Gasteiger charge is 2.37. The van der Waals surface area contributed by atoms with Crippen LogP contribution < -0.4 is 14.5 Å². The van der Waals surface area contributed by atoms with E-state index in [2.05, 4.69) is 169 Å². The van der Waals surface area contributed by atoms with Gasteiger partial charge in [0.2, 0.25) is 0 Å². The molecule has 264 valence electrons. The van der Waals surface area contributed by atoms with Crippen molar-refractivity contribution in [2.45, 2.75) is 37.0 Å². The summed E-state index contributed by atoms with van der Waals surface area (Å²) in [7, 11) is 0. The van der Waals surface area contributed by atoms with Gasteiger partial charge in [-0.15, -0.1) is 0 Å². The summed E-state index contributed by atoms with van der Waals surface area (Å²) in [6.45, 7) is 4.77. The molecule has 2 aliphatic heterocycles. The van der Waals surface area contributed by atoms with Crippen molar-refractivity contribution >= 4 is 63.1 Å². The van der Waals surface area contributed by atoms with Crippen molar-refractivity contribution in [1.82, 2.24) is 0 Å². The normalized spacial score (nSPS) is 16.0. The standard InChI is InChI=1S/C51H38N2OS/c1-51(2)41-30-34(22-27-39(41)40-28-26-38(32-42(40)51)53-45-13-5-9-17-49(45)55-50-18-10-6-14-46(50)53)20-19-33-21-23-36-31-37(25-24-35(36)29-33)52-43-11-3-7-15-47(43)54-48-16-8-4-12-44(48)52/h3-5,7-13,15-32H,6,14H2,1-2H3/b20-19+. The maximum absolute atomic E-state index is 6.25. The summed E-state index contributed by atoms with van der Waals surface area (Å²) < 4.78 is 6.25. The number of hydrogen-bond acceptors (Lipinski definition) is 4. The Bertz CT molecular complexity index is 2780. The molecule has 55 heavy (non-hydrogen) atoms. The van der Waals surface area contributed by atoms with Crippen molar-refractivity contribution in [2.24, 2.45) is 0 Å². The van der Waals surface area contributed by atoms with Crippen molar-refractivity contribution in [3.05, 3.63) is 191 Å². The molecule has 2 heterocycles. The Hall–Kier alpha value is -6.23. The maximum Gasteiger partial charge on any atom is 0.151 e. The lowest BCUT2D eigenvalue weighted by Gasteiger charge is -2.36. The van der Waals surface area contributed by atoms with Crippen LogP contribution in [0.15, 0.2) is 173 Å². The van der Waals surface area contributed by atoms with E-state index in [9.17, 15) is 0 Å². The molecule has 4 aliphatic rings. The van der Waals surface area contributed by atoms with Crippen LogP contribution in [0.5, 0.6) is 11.5 Å². The molecule has 4 heteroatoms. The average molecular weight is 727 g/mol. The SMILES string of the molecule is CC1(C)c2cc(/C=C/c3ccc4cc(N5c6ccccc6Oc6ccccc65)ccc4c3)ccc2-c2ccc(N3C4=C(C=CCC4)Sc4ccccc43)cc21. The van der Waals surface area contributed by atoms with Crippen LogP contribution in [0.4, 0.5) is 28.4 Å². The molecule has 3 nitrogen and oxygen atoms in total. The molecule has 2 aliphatic carbocycles. The van der Waals surface area contributed by atoms with Crippen molar-refractivity contribution in [3.63, 3.8) is 0 Å². The average Bonchev–Trinajstić information content (AvgIpc) is 3.45. The van der Waals surface area contributed by atoms with Gasteiger partial charge in [0, 0.05) is 32.3 Å². The van der Waals surface area contributed by atoms with Crippen LogP contribution in [-0.2, 0) is 5.41 Å². The Morgan fingerprint density at radius 2 is 1.18 bits per heavy atom. The van der Waals surface area contributed by atoms with E-state index >= 15 is 0 Å². The number of benzene rings is 7. The van der Waals surface area contributed by atoms with Crippen LogP contribution in [0.2, 0.25) is 0 Å². The van der Waals surface area contributed by atoms with Crippen LogP contribution in [0.1, 0.15) is 48.9 Å². The van der Waals surface area contributed by atoms with Crippen LogP contribution in [0.3, 0.4) is 0 Å². The summed E-state index contributed by atoms with van der Waals surface area (Å²) in [5, 5.41) is 2.41. The molecule has 0 fully saturated rings. The number of thioether (sulfide) groups is 1. The number of hydrogen-bond donors (Lipinski definition) is 0. The van der Waals surface area contributed by atoms with E-state index in [0.29, 0.717) is 0 Å². The van der Waals surface area contributed by atoms with E-state index in [1.54, 1.807) is 0 Å². The lowest BCUT2D eigenvalue weighted by Crippen LogP contribution is -2.23. The summed E-state index contributed by atoms with van der Waals surface area (Å²) in [5.74, 6) is 1.73. The predicted octanol–water partition coefficient (Wildman–Crippen LogP) is 14.7. The number of allylic oxidation sites excluding steroid dienone is 3. The number of fused-ring (bicyclic) bond motifs is 7. The molecule has 7 aromatic carbocycles. The third-order valence-electron chi connectivity index (χ3n) is 11.6. The zero-order valence-electron chi connectivity index (χ0n) is 30.8. The molecule has 0 spiro atoms. The summed E-state index contributed by atoms with van der Waals surface area (Å²) in [6.07, 6.45) is 11.3.